The third-order valence-corrected chi connectivity index (χ3v) is 9.47. The van der Waals surface area contributed by atoms with Gasteiger partial charge in [0.2, 0.25) is 11.6 Å². The Kier molecular flexibility index (Phi) is 4.72. The van der Waals surface area contributed by atoms with Crippen LogP contribution >= 0.6 is 0 Å². The summed E-state index contributed by atoms with van der Waals surface area (Å²) in [6, 6.07) is 53.3. The van der Waals surface area contributed by atoms with Crippen molar-refractivity contribution in [3.05, 3.63) is 152 Å². The van der Waals surface area contributed by atoms with Crippen molar-refractivity contribution in [3.8, 4) is 17.1 Å². The molecular formula is C40H25N7. The van der Waals surface area contributed by atoms with Gasteiger partial charge in [-0.15, -0.1) is 0 Å². The Bertz CT molecular complexity index is 3010. The van der Waals surface area contributed by atoms with Crippen LogP contribution in [0, 0.1) is 0 Å². The van der Waals surface area contributed by atoms with E-state index in [0.29, 0.717) is 0 Å². The van der Waals surface area contributed by atoms with Crippen LogP contribution in [0.2, 0.25) is 0 Å². The first-order chi connectivity index (χ1) is 23.3. The van der Waals surface area contributed by atoms with Gasteiger partial charge in [0.15, 0.2) is 5.65 Å². The SMILES string of the molecule is c1ccc(-n2c3ccc(-n4c5ccccc5c5c4n4c6ccccc6nc4n5-c4ccccc4)cc3n3c4ccccc4nc23)cc1. The molecule has 0 bridgehead atoms. The van der Waals surface area contributed by atoms with E-state index in [1.807, 2.05) is 0 Å². The van der Waals surface area contributed by atoms with E-state index in [1.165, 1.54) is 5.39 Å². The first-order valence-corrected chi connectivity index (χ1v) is 15.8. The molecule has 0 saturated carbocycles. The molecule has 7 nitrogen and oxygen atoms in total. The van der Waals surface area contributed by atoms with Crippen LogP contribution in [0.4, 0.5) is 0 Å². The Labute approximate surface area is 267 Å². The van der Waals surface area contributed by atoms with E-state index in [0.717, 1.165) is 78.4 Å². The van der Waals surface area contributed by atoms with Crippen molar-refractivity contribution in [1.29, 1.82) is 0 Å². The van der Waals surface area contributed by atoms with E-state index in [-0.39, 0.29) is 0 Å². The van der Waals surface area contributed by atoms with Crippen LogP contribution in [-0.4, -0.2) is 32.5 Å². The third kappa shape index (κ3) is 3.19. The monoisotopic (exact) mass is 603 g/mol. The van der Waals surface area contributed by atoms with Gasteiger partial charge in [0.25, 0.3) is 0 Å². The molecule has 0 aliphatic heterocycles. The highest BCUT2D eigenvalue weighted by Gasteiger charge is 2.26. The molecule has 0 unspecified atom stereocenters. The maximum atomic E-state index is 5.19. The molecule has 0 aliphatic rings. The van der Waals surface area contributed by atoms with Crippen molar-refractivity contribution in [3.63, 3.8) is 0 Å². The molecule has 0 radical (unpaired) electrons. The molecule has 11 aromatic rings. The van der Waals surface area contributed by atoms with Crippen LogP contribution in [-0.2, 0) is 0 Å². The maximum Gasteiger partial charge on any atom is 0.221 e. The maximum absolute atomic E-state index is 5.19. The Hall–Kier alpha value is -6.60. The normalized spacial score (nSPS) is 12.3. The number of hydrogen-bond donors (Lipinski definition) is 0. The van der Waals surface area contributed by atoms with Gasteiger partial charge in [-0.3, -0.25) is 22.5 Å². The first-order valence-electron chi connectivity index (χ1n) is 15.8. The van der Waals surface area contributed by atoms with E-state index >= 15 is 0 Å². The minimum Gasteiger partial charge on any atom is -0.294 e. The number of hydrogen-bond acceptors (Lipinski definition) is 2. The zero-order valence-electron chi connectivity index (χ0n) is 25.1. The smallest absolute Gasteiger partial charge is 0.221 e. The van der Waals surface area contributed by atoms with Gasteiger partial charge in [-0.2, -0.15) is 0 Å². The van der Waals surface area contributed by atoms with E-state index in [2.05, 4.69) is 174 Å². The number of para-hydroxylation sites is 7. The lowest BCUT2D eigenvalue weighted by atomic mass is 10.2. The van der Waals surface area contributed by atoms with Crippen LogP contribution in [0.1, 0.15) is 0 Å². The number of aromatic nitrogens is 7. The van der Waals surface area contributed by atoms with Crippen molar-refractivity contribution in [2.75, 3.05) is 0 Å². The van der Waals surface area contributed by atoms with Crippen molar-refractivity contribution >= 4 is 66.7 Å². The van der Waals surface area contributed by atoms with Gasteiger partial charge in [0.05, 0.1) is 38.6 Å². The fraction of sp³-hybridized carbons (Fsp3) is 0. The summed E-state index contributed by atoms with van der Waals surface area (Å²) in [6.45, 7) is 0. The van der Waals surface area contributed by atoms with E-state index in [9.17, 15) is 0 Å². The lowest BCUT2D eigenvalue weighted by Gasteiger charge is -2.09. The summed E-state index contributed by atoms with van der Waals surface area (Å²) in [4.78, 5) is 10.3. The quantitative estimate of drug-likeness (QED) is 0.202. The average Bonchev–Trinajstić information content (AvgIpc) is 3.91. The Morgan fingerprint density at radius 2 is 0.915 bits per heavy atom. The van der Waals surface area contributed by atoms with Crippen LogP contribution in [0.25, 0.3) is 83.8 Å². The lowest BCUT2D eigenvalue weighted by molar-refractivity contribution is 1.09. The Morgan fingerprint density at radius 3 is 1.62 bits per heavy atom. The predicted molar refractivity (Wildman–Crippen MR) is 189 cm³/mol. The van der Waals surface area contributed by atoms with Gasteiger partial charge in [-0.25, -0.2) is 9.97 Å². The topological polar surface area (TPSA) is 49.4 Å². The van der Waals surface area contributed by atoms with Crippen LogP contribution in [0.3, 0.4) is 0 Å². The molecule has 11 rings (SSSR count). The van der Waals surface area contributed by atoms with Crippen molar-refractivity contribution in [2.45, 2.75) is 0 Å². The number of benzene rings is 6. The summed E-state index contributed by atoms with van der Waals surface area (Å²) in [5, 5.41) is 1.17. The van der Waals surface area contributed by atoms with Gasteiger partial charge in [-0.05, 0) is 72.8 Å². The number of rotatable bonds is 3. The van der Waals surface area contributed by atoms with Gasteiger partial charge < -0.3 is 0 Å². The molecule has 0 amide bonds. The summed E-state index contributed by atoms with van der Waals surface area (Å²) in [7, 11) is 0. The first kappa shape index (κ1) is 24.7. The summed E-state index contributed by atoms with van der Waals surface area (Å²) >= 11 is 0. The summed E-state index contributed by atoms with van der Waals surface area (Å²) in [5.41, 5.74) is 12.8. The highest BCUT2D eigenvalue weighted by molar-refractivity contribution is 6.10. The largest absolute Gasteiger partial charge is 0.294 e. The molecule has 0 atom stereocenters. The zero-order valence-corrected chi connectivity index (χ0v) is 25.1. The average molecular weight is 604 g/mol. The van der Waals surface area contributed by atoms with Gasteiger partial charge in [0.1, 0.15) is 5.52 Å². The standard InChI is InChI=1S/C40H25N7/c1-3-13-26(14-4-1)44-35-24-23-28(25-36(35)46-33-21-11-8-18-30(33)41-39(44)46)43-32-20-10-7-17-29(32)37-38(43)47-34-22-12-9-19-31(34)42-40(47)45(37)27-15-5-2-6-16-27/h1-25H. The lowest BCUT2D eigenvalue weighted by Crippen LogP contribution is -1.98. The van der Waals surface area contributed by atoms with Crippen LogP contribution in [0.15, 0.2) is 152 Å². The molecule has 47 heavy (non-hydrogen) atoms. The highest BCUT2D eigenvalue weighted by Crippen LogP contribution is 2.39. The van der Waals surface area contributed by atoms with Crippen molar-refractivity contribution in [2.24, 2.45) is 0 Å². The van der Waals surface area contributed by atoms with Crippen molar-refractivity contribution in [1.82, 2.24) is 32.5 Å². The van der Waals surface area contributed by atoms with Gasteiger partial charge in [0, 0.05) is 22.4 Å². The van der Waals surface area contributed by atoms with Gasteiger partial charge in [-0.1, -0.05) is 78.9 Å². The second kappa shape index (κ2) is 8.99. The van der Waals surface area contributed by atoms with E-state index < -0.39 is 0 Å². The minimum atomic E-state index is 0.890. The molecule has 0 saturated heterocycles. The summed E-state index contributed by atoms with van der Waals surface area (Å²) in [5.74, 6) is 1.78. The number of nitrogens with zero attached hydrogens (tertiary/aromatic N) is 7. The Morgan fingerprint density at radius 1 is 0.362 bits per heavy atom. The molecule has 7 heteroatoms. The molecule has 5 heterocycles. The van der Waals surface area contributed by atoms with E-state index in [1.54, 1.807) is 0 Å². The fourth-order valence-corrected chi connectivity index (χ4v) is 7.55. The second-order valence-electron chi connectivity index (χ2n) is 12.0. The Balaban J connectivity index is 1.32. The minimum absolute atomic E-state index is 0.890. The zero-order chi connectivity index (χ0) is 30.6. The van der Waals surface area contributed by atoms with Crippen molar-refractivity contribution < 1.29 is 0 Å². The number of imidazole rings is 4. The molecule has 0 N–H and O–H groups in total. The molecule has 0 fully saturated rings. The molecule has 5 aromatic heterocycles. The fourth-order valence-electron chi connectivity index (χ4n) is 7.55. The third-order valence-electron chi connectivity index (χ3n) is 9.47. The van der Waals surface area contributed by atoms with Gasteiger partial charge >= 0.3 is 0 Å². The van der Waals surface area contributed by atoms with E-state index in [4.69, 9.17) is 9.97 Å². The molecule has 6 aromatic carbocycles. The number of fused-ring (bicyclic) bond motifs is 12. The van der Waals surface area contributed by atoms with Crippen LogP contribution in [0.5, 0.6) is 0 Å². The molecule has 0 spiro atoms. The second-order valence-corrected chi connectivity index (χ2v) is 12.0. The predicted octanol–water partition coefficient (Wildman–Crippen LogP) is 9.12. The van der Waals surface area contributed by atoms with Crippen LogP contribution < -0.4 is 0 Å². The highest BCUT2D eigenvalue weighted by atomic mass is 15.3. The summed E-state index contributed by atoms with van der Waals surface area (Å²) < 4.78 is 11.6. The molecular weight excluding hydrogens is 578 g/mol. The molecule has 0 aliphatic carbocycles. The summed E-state index contributed by atoms with van der Waals surface area (Å²) in [6.07, 6.45) is 0. The molecule has 220 valence electrons.